The summed E-state index contributed by atoms with van der Waals surface area (Å²) in [5, 5.41) is 5.38. The Morgan fingerprint density at radius 2 is 1.91 bits per heavy atom. The zero-order valence-electron chi connectivity index (χ0n) is 13.1. The van der Waals surface area contributed by atoms with Crippen LogP contribution in [0.1, 0.15) is 30.9 Å². The monoisotopic (exact) mass is 303 g/mol. The number of nitrogens with zero attached hydrogens (tertiary/aromatic N) is 1. The standard InChI is InChI=1S/C16H21N3O3/c1-4-6-12-15(21)19(16(22)17-12)9-13(20)18-14-10(2)7-5-8-11(14)3/h5,7-8,12H,4,6,9H2,1-3H3,(H,17,22)(H,18,20). The van der Waals surface area contributed by atoms with Crippen molar-refractivity contribution in [3.8, 4) is 0 Å². The van der Waals surface area contributed by atoms with Crippen LogP contribution in [0.15, 0.2) is 18.2 Å². The van der Waals surface area contributed by atoms with E-state index in [-0.39, 0.29) is 18.4 Å². The van der Waals surface area contributed by atoms with Crippen molar-refractivity contribution in [1.29, 1.82) is 0 Å². The van der Waals surface area contributed by atoms with Crippen LogP contribution < -0.4 is 10.6 Å². The van der Waals surface area contributed by atoms with Crippen molar-refractivity contribution in [1.82, 2.24) is 10.2 Å². The Morgan fingerprint density at radius 3 is 2.50 bits per heavy atom. The van der Waals surface area contributed by atoms with Crippen molar-refractivity contribution >= 4 is 23.5 Å². The van der Waals surface area contributed by atoms with E-state index >= 15 is 0 Å². The Hall–Kier alpha value is -2.37. The van der Waals surface area contributed by atoms with Crippen molar-refractivity contribution in [2.75, 3.05) is 11.9 Å². The molecule has 0 aromatic heterocycles. The van der Waals surface area contributed by atoms with Gasteiger partial charge in [-0.1, -0.05) is 31.5 Å². The molecule has 1 aromatic carbocycles. The lowest BCUT2D eigenvalue weighted by Crippen LogP contribution is -2.38. The van der Waals surface area contributed by atoms with Gasteiger partial charge in [-0.3, -0.25) is 14.5 Å². The van der Waals surface area contributed by atoms with Gasteiger partial charge in [0, 0.05) is 5.69 Å². The molecule has 0 radical (unpaired) electrons. The summed E-state index contributed by atoms with van der Waals surface area (Å²) in [6.07, 6.45) is 1.37. The van der Waals surface area contributed by atoms with Gasteiger partial charge in [-0.15, -0.1) is 0 Å². The quantitative estimate of drug-likeness (QED) is 0.816. The molecule has 0 bridgehead atoms. The number of para-hydroxylation sites is 1. The zero-order valence-corrected chi connectivity index (χ0v) is 13.1. The molecule has 4 amide bonds. The van der Waals surface area contributed by atoms with Crippen LogP contribution in [-0.2, 0) is 9.59 Å². The van der Waals surface area contributed by atoms with E-state index in [1.807, 2.05) is 39.0 Å². The topological polar surface area (TPSA) is 78.5 Å². The van der Waals surface area contributed by atoms with Crippen LogP contribution in [0.4, 0.5) is 10.5 Å². The minimum Gasteiger partial charge on any atom is -0.326 e. The van der Waals surface area contributed by atoms with E-state index in [0.29, 0.717) is 6.42 Å². The molecule has 118 valence electrons. The van der Waals surface area contributed by atoms with Gasteiger partial charge in [0.05, 0.1) is 0 Å². The lowest BCUT2D eigenvalue weighted by molar-refractivity contribution is -0.130. The fraction of sp³-hybridized carbons (Fsp3) is 0.438. The molecule has 0 aliphatic carbocycles. The minimum atomic E-state index is -0.509. The van der Waals surface area contributed by atoms with Gasteiger partial charge in [-0.25, -0.2) is 4.79 Å². The first-order chi connectivity index (χ1) is 10.4. The van der Waals surface area contributed by atoms with E-state index in [1.54, 1.807) is 0 Å². The summed E-state index contributed by atoms with van der Waals surface area (Å²) in [5.41, 5.74) is 2.61. The maximum absolute atomic E-state index is 12.1. The molecule has 1 aliphatic rings. The molecule has 1 saturated heterocycles. The SMILES string of the molecule is CCCC1NC(=O)N(CC(=O)Nc2c(C)cccc2C)C1=O. The molecule has 6 nitrogen and oxygen atoms in total. The van der Waals surface area contributed by atoms with Gasteiger partial charge in [0.1, 0.15) is 12.6 Å². The predicted molar refractivity (Wildman–Crippen MR) is 83.5 cm³/mol. The van der Waals surface area contributed by atoms with Crippen LogP contribution in [-0.4, -0.2) is 35.3 Å². The number of rotatable bonds is 5. The van der Waals surface area contributed by atoms with E-state index < -0.39 is 12.1 Å². The summed E-state index contributed by atoms with van der Waals surface area (Å²) in [6.45, 7) is 5.47. The second-order valence-electron chi connectivity index (χ2n) is 5.53. The van der Waals surface area contributed by atoms with Crippen LogP contribution in [0.3, 0.4) is 0 Å². The minimum absolute atomic E-state index is 0.265. The highest BCUT2D eigenvalue weighted by Crippen LogP contribution is 2.19. The average molecular weight is 303 g/mol. The first-order valence-electron chi connectivity index (χ1n) is 7.42. The highest BCUT2D eigenvalue weighted by Gasteiger charge is 2.38. The van der Waals surface area contributed by atoms with Crippen molar-refractivity contribution in [3.05, 3.63) is 29.3 Å². The zero-order chi connectivity index (χ0) is 16.3. The van der Waals surface area contributed by atoms with Crippen LogP contribution in [0, 0.1) is 13.8 Å². The van der Waals surface area contributed by atoms with E-state index in [0.717, 1.165) is 28.1 Å². The number of benzene rings is 1. The first-order valence-corrected chi connectivity index (χ1v) is 7.42. The summed E-state index contributed by atoms with van der Waals surface area (Å²) in [4.78, 5) is 37.0. The number of anilines is 1. The largest absolute Gasteiger partial charge is 0.326 e. The fourth-order valence-corrected chi connectivity index (χ4v) is 2.55. The van der Waals surface area contributed by atoms with Gasteiger partial charge in [0.2, 0.25) is 5.91 Å². The smallest absolute Gasteiger partial charge is 0.325 e. The lowest BCUT2D eigenvalue weighted by Gasteiger charge is -2.15. The lowest BCUT2D eigenvalue weighted by atomic mass is 10.1. The summed E-state index contributed by atoms with van der Waals surface area (Å²) < 4.78 is 0. The van der Waals surface area contributed by atoms with Gasteiger partial charge in [0.25, 0.3) is 5.91 Å². The number of carbonyl (C=O) groups is 3. The number of amides is 4. The van der Waals surface area contributed by atoms with Gasteiger partial charge in [-0.05, 0) is 31.4 Å². The predicted octanol–water partition coefficient (Wildman–Crippen LogP) is 1.96. The maximum atomic E-state index is 12.1. The van der Waals surface area contributed by atoms with E-state index in [1.165, 1.54) is 0 Å². The van der Waals surface area contributed by atoms with Gasteiger partial charge < -0.3 is 10.6 Å². The van der Waals surface area contributed by atoms with Crippen molar-refractivity contribution < 1.29 is 14.4 Å². The summed E-state index contributed by atoms with van der Waals surface area (Å²) in [6, 6.07) is 4.69. The molecule has 22 heavy (non-hydrogen) atoms. The van der Waals surface area contributed by atoms with E-state index in [9.17, 15) is 14.4 Å². The fourth-order valence-electron chi connectivity index (χ4n) is 2.55. The Labute approximate surface area is 129 Å². The van der Waals surface area contributed by atoms with Crippen molar-refractivity contribution in [2.45, 2.75) is 39.7 Å². The molecule has 0 spiro atoms. The number of hydrogen-bond donors (Lipinski definition) is 2. The van der Waals surface area contributed by atoms with Crippen LogP contribution in [0.2, 0.25) is 0 Å². The van der Waals surface area contributed by atoms with E-state index in [2.05, 4.69) is 10.6 Å². The number of carbonyl (C=O) groups excluding carboxylic acids is 3. The average Bonchev–Trinajstić information content (AvgIpc) is 2.71. The third-order valence-electron chi connectivity index (χ3n) is 3.73. The van der Waals surface area contributed by atoms with Gasteiger partial charge >= 0.3 is 6.03 Å². The third-order valence-corrected chi connectivity index (χ3v) is 3.73. The Morgan fingerprint density at radius 1 is 1.27 bits per heavy atom. The molecule has 6 heteroatoms. The molecule has 1 aliphatic heterocycles. The number of urea groups is 1. The highest BCUT2D eigenvalue weighted by molar-refractivity contribution is 6.08. The second kappa shape index (κ2) is 6.60. The molecule has 2 rings (SSSR count). The number of hydrogen-bond acceptors (Lipinski definition) is 3. The molecule has 0 saturated carbocycles. The van der Waals surface area contributed by atoms with Crippen LogP contribution in [0.5, 0.6) is 0 Å². The number of aryl methyl sites for hydroxylation is 2. The first kappa shape index (κ1) is 16.0. The van der Waals surface area contributed by atoms with Crippen LogP contribution >= 0.6 is 0 Å². The summed E-state index contributed by atoms with van der Waals surface area (Å²) in [7, 11) is 0. The maximum Gasteiger partial charge on any atom is 0.325 e. The normalized spacial score (nSPS) is 17.6. The van der Waals surface area contributed by atoms with Crippen molar-refractivity contribution in [2.24, 2.45) is 0 Å². The molecule has 1 unspecified atom stereocenters. The number of nitrogens with one attached hydrogen (secondary N) is 2. The Bertz CT molecular complexity index is 592. The summed E-state index contributed by atoms with van der Waals surface area (Å²) >= 11 is 0. The molecule has 1 aromatic rings. The molecule has 2 N–H and O–H groups in total. The Balaban J connectivity index is 2.03. The summed E-state index contributed by atoms with van der Waals surface area (Å²) in [5.74, 6) is -0.707. The molecular formula is C16H21N3O3. The molecular weight excluding hydrogens is 282 g/mol. The van der Waals surface area contributed by atoms with Gasteiger partial charge in [-0.2, -0.15) is 0 Å². The molecule has 1 atom stereocenters. The molecule has 1 fully saturated rings. The van der Waals surface area contributed by atoms with E-state index in [4.69, 9.17) is 0 Å². The number of imide groups is 1. The highest BCUT2D eigenvalue weighted by atomic mass is 16.2. The Kier molecular flexibility index (Phi) is 4.80. The second-order valence-corrected chi connectivity index (χ2v) is 5.53. The van der Waals surface area contributed by atoms with Crippen molar-refractivity contribution in [3.63, 3.8) is 0 Å². The molecule has 1 heterocycles. The third kappa shape index (κ3) is 3.27. The van der Waals surface area contributed by atoms with Crippen LogP contribution in [0.25, 0.3) is 0 Å². The van der Waals surface area contributed by atoms with Gasteiger partial charge in [0.15, 0.2) is 0 Å².